The van der Waals surface area contributed by atoms with Gasteiger partial charge in [-0.05, 0) is 36.8 Å². The zero-order valence-corrected chi connectivity index (χ0v) is 12.6. The van der Waals surface area contributed by atoms with Crippen molar-refractivity contribution in [3.05, 3.63) is 70.4 Å². The fraction of sp³-hybridized carbons (Fsp3) is 0.0588. The first-order chi connectivity index (χ1) is 10.5. The maximum Gasteiger partial charge on any atom is 0.333 e. The summed E-state index contributed by atoms with van der Waals surface area (Å²) < 4.78 is 0. The zero-order valence-electron chi connectivity index (χ0n) is 11.8. The van der Waals surface area contributed by atoms with Crippen molar-refractivity contribution in [3.8, 4) is 0 Å². The highest BCUT2D eigenvalue weighted by atomic mass is 35.5. The van der Waals surface area contributed by atoms with Gasteiger partial charge in [0.25, 0.3) is 5.91 Å². The normalized spacial score (nSPS) is 16.3. The molecule has 1 heterocycles. The molecule has 0 unspecified atom stereocenters. The number of anilines is 1. The number of imide groups is 1. The van der Waals surface area contributed by atoms with Crippen LogP contribution in [-0.2, 0) is 4.79 Å². The van der Waals surface area contributed by atoms with Gasteiger partial charge >= 0.3 is 6.03 Å². The number of nitrogens with one attached hydrogen (secondary N) is 1. The maximum absolute atomic E-state index is 12.4. The van der Waals surface area contributed by atoms with E-state index in [4.69, 9.17) is 11.6 Å². The fourth-order valence-corrected chi connectivity index (χ4v) is 2.50. The number of carbonyl (C=O) groups is 2. The molecule has 110 valence electrons. The topological polar surface area (TPSA) is 49.4 Å². The summed E-state index contributed by atoms with van der Waals surface area (Å²) in [6.45, 7) is 1.97. The SMILES string of the molecule is Cc1cccc(/C=C2\NC(=O)N(c3cccc(Cl)c3)C2=O)c1. The Labute approximate surface area is 133 Å². The summed E-state index contributed by atoms with van der Waals surface area (Å²) in [5, 5.41) is 3.06. The lowest BCUT2D eigenvalue weighted by Crippen LogP contribution is -2.30. The van der Waals surface area contributed by atoms with Crippen molar-refractivity contribution in [2.24, 2.45) is 0 Å². The van der Waals surface area contributed by atoms with Crippen LogP contribution in [0.3, 0.4) is 0 Å². The van der Waals surface area contributed by atoms with Crippen molar-refractivity contribution in [3.63, 3.8) is 0 Å². The van der Waals surface area contributed by atoms with Crippen molar-refractivity contribution < 1.29 is 9.59 Å². The van der Waals surface area contributed by atoms with E-state index >= 15 is 0 Å². The molecule has 0 radical (unpaired) electrons. The summed E-state index contributed by atoms with van der Waals surface area (Å²) in [6.07, 6.45) is 1.66. The van der Waals surface area contributed by atoms with Gasteiger partial charge in [-0.2, -0.15) is 0 Å². The molecule has 0 spiro atoms. The van der Waals surface area contributed by atoms with E-state index in [0.29, 0.717) is 10.7 Å². The maximum atomic E-state index is 12.4. The smallest absolute Gasteiger partial charge is 0.302 e. The fourth-order valence-electron chi connectivity index (χ4n) is 2.31. The molecule has 0 aromatic heterocycles. The Morgan fingerprint density at radius 1 is 1.09 bits per heavy atom. The highest BCUT2D eigenvalue weighted by molar-refractivity contribution is 6.32. The number of urea groups is 1. The van der Waals surface area contributed by atoms with Crippen molar-refractivity contribution in [2.45, 2.75) is 6.92 Å². The second-order valence-electron chi connectivity index (χ2n) is 5.02. The number of rotatable bonds is 2. The average Bonchev–Trinajstić information content (AvgIpc) is 2.73. The van der Waals surface area contributed by atoms with Gasteiger partial charge in [-0.25, -0.2) is 9.69 Å². The number of carbonyl (C=O) groups excluding carboxylic acids is 2. The molecule has 22 heavy (non-hydrogen) atoms. The van der Waals surface area contributed by atoms with E-state index in [9.17, 15) is 9.59 Å². The number of amides is 3. The van der Waals surface area contributed by atoms with Crippen molar-refractivity contribution in [2.75, 3.05) is 4.90 Å². The van der Waals surface area contributed by atoms with Crippen molar-refractivity contribution in [1.29, 1.82) is 0 Å². The quantitative estimate of drug-likeness (QED) is 0.678. The van der Waals surface area contributed by atoms with Crippen LogP contribution in [0, 0.1) is 6.92 Å². The summed E-state index contributed by atoms with van der Waals surface area (Å²) in [6, 6.07) is 13.8. The second-order valence-corrected chi connectivity index (χ2v) is 5.46. The van der Waals surface area contributed by atoms with Gasteiger partial charge in [0.2, 0.25) is 0 Å². The Morgan fingerprint density at radius 2 is 1.86 bits per heavy atom. The van der Waals surface area contributed by atoms with E-state index < -0.39 is 11.9 Å². The molecule has 1 saturated heterocycles. The highest BCUT2D eigenvalue weighted by Crippen LogP contribution is 2.24. The van der Waals surface area contributed by atoms with Gasteiger partial charge in [0.15, 0.2) is 0 Å². The highest BCUT2D eigenvalue weighted by Gasteiger charge is 2.34. The Bertz CT molecular complexity index is 799. The first-order valence-corrected chi connectivity index (χ1v) is 7.12. The first kappa shape index (κ1) is 14.4. The number of hydrogen-bond donors (Lipinski definition) is 1. The van der Waals surface area contributed by atoms with Crippen molar-refractivity contribution in [1.82, 2.24) is 5.32 Å². The van der Waals surface area contributed by atoms with Gasteiger partial charge in [-0.3, -0.25) is 4.79 Å². The zero-order chi connectivity index (χ0) is 15.7. The summed E-state index contributed by atoms with van der Waals surface area (Å²) in [4.78, 5) is 25.6. The lowest BCUT2D eigenvalue weighted by atomic mass is 10.1. The Morgan fingerprint density at radius 3 is 2.59 bits per heavy atom. The summed E-state index contributed by atoms with van der Waals surface area (Å²) >= 11 is 5.92. The minimum absolute atomic E-state index is 0.246. The molecular formula is C17H13ClN2O2. The Kier molecular flexibility index (Phi) is 3.69. The lowest BCUT2D eigenvalue weighted by molar-refractivity contribution is -0.113. The molecule has 3 amide bonds. The predicted molar refractivity (Wildman–Crippen MR) is 86.6 cm³/mol. The van der Waals surface area contributed by atoms with E-state index in [1.54, 1.807) is 30.3 Å². The number of aryl methyl sites for hydroxylation is 1. The molecule has 1 aliphatic heterocycles. The molecule has 1 fully saturated rings. The van der Waals surface area contributed by atoms with Gasteiger partial charge in [0.1, 0.15) is 5.70 Å². The van der Waals surface area contributed by atoms with Crippen LogP contribution in [0.25, 0.3) is 6.08 Å². The molecular weight excluding hydrogens is 300 g/mol. The van der Waals surface area contributed by atoms with Gasteiger partial charge in [-0.15, -0.1) is 0 Å². The van der Waals surface area contributed by atoms with Gasteiger partial charge in [0.05, 0.1) is 5.69 Å². The number of hydrogen-bond acceptors (Lipinski definition) is 2. The summed E-state index contributed by atoms with van der Waals surface area (Å²) in [5.74, 6) is -0.395. The van der Waals surface area contributed by atoms with E-state index in [0.717, 1.165) is 16.0 Å². The number of nitrogens with zero attached hydrogens (tertiary/aromatic N) is 1. The molecule has 0 bridgehead atoms. The Hall–Kier alpha value is -2.59. The molecule has 0 aliphatic carbocycles. The van der Waals surface area contributed by atoms with Crippen LogP contribution in [0.5, 0.6) is 0 Å². The van der Waals surface area contributed by atoms with Crippen LogP contribution in [-0.4, -0.2) is 11.9 Å². The molecule has 1 aliphatic rings. The lowest BCUT2D eigenvalue weighted by Gasteiger charge is -2.11. The standard InChI is InChI=1S/C17H13ClN2O2/c1-11-4-2-5-12(8-11)9-15-16(21)20(17(22)19-15)14-7-3-6-13(18)10-14/h2-10H,1H3,(H,19,22)/b15-9-. The molecule has 4 nitrogen and oxygen atoms in total. The van der Waals surface area contributed by atoms with E-state index in [1.807, 2.05) is 31.2 Å². The predicted octanol–water partition coefficient (Wildman–Crippen LogP) is 3.75. The average molecular weight is 313 g/mol. The van der Waals surface area contributed by atoms with Crippen LogP contribution in [0.2, 0.25) is 5.02 Å². The molecule has 0 atom stereocenters. The third kappa shape index (κ3) is 2.73. The van der Waals surface area contributed by atoms with E-state index in [2.05, 4.69) is 5.32 Å². The molecule has 5 heteroatoms. The van der Waals surface area contributed by atoms with Crippen LogP contribution < -0.4 is 10.2 Å². The number of benzene rings is 2. The number of halogens is 1. The Balaban J connectivity index is 1.95. The van der Waals surface area contributed by atoms with Crippen LogP contribution in [0.15, 0.2) is 54.2 Å². The molecule has 1 N–H and O–H groups in total. The van der Waals surface area contributed by atoms with E-state index in [1.165, 1.54) is 0 Å². The summed E-state index contributed by atoms with van der Waals surface area (Å²) in [5.41, 5.74) is 2.63. The molecule has 2 aromatic carbocycles. The largest absolute Gasteiger partial charge is 0.333 e. The minimum atomic E-state index is -0.480. The monoisotopic (exact) mass is 312 g/mol. The second kappa shape index (κ2) is 5.66. The van der Waals surface area contributed by atoms with Crippen LogP contribution in [0.4, 0.5) is 10.5 Å². The van der Waals surface area contributed by atoms with Gasteiger partial charge in [0, 0.05) is 5.02 Å². The van der Waals surface area contributed by atoms with Crippen LogP contribution >= 0.6 is 11.6 Å². The minimum Gasteiger partial charge on any atom is -0.302 e. The van der Waals surface area contributed by atoms with Gasteiger partial charge < -0.3 is 5.32 Å². The van der Waals surface area contributed by atoms with Gasteiger partial charge in [-0.1, -0.05) is 47.5 Å². The third-order valence-corrected chi connectivity index (χ3v) is 3.53. The third-order valence-electron chi connectivity index (χ3n) is 3.30. The molecule has 0 saturated carbocycles. The summed E-state index contributed by atoms with van der Waals surface area (Å²) in [7, 11) is 0. The van der Waals surface area contributed by atoms with E-state index in [-0.39, 0.29) is 5.70 Å². The molecule has 3 rings (SSSR count). The van der Waals surface area contributed by atoms with Crippen molar-refractivity contribution >= 4 is 35.3 Å². The molecule has 2 aromatic rings. The first-order valence-electron chi connectivity index (χ1n) is 6.74. The van der Waals surface area contributed by atoms with Crippen LogP contribution in [0.1, 0.15) is 11.1 Å².